The van der Waals surface area contributed by atoms with Crippen LogP contribution in [-0.2, 0) is 0 Å². The zero-order valence-electron chi connectivity index (χ0n) is 19.2. The van der Waals surface area contributed by atoms with E-state index in [9.17, 15) is 14.8 Å². The Labute approximate surface area is 182 Å². The van der Waals surface area contributed by atoms with Crippen LogP contribution in [0.1, 0.15) is 95.8 Å². The monoisotopic (exact) mass is 413 g/mol. The summed E-state index contributed by atoms with van der Waals surface area (Å²) in [6, 6.07) is 6.68. The van der Waals surface area contributed by atoms with E-state index in [1.807, 2.05) is 13.8 Å². The lowest BCUT2D eigenvalue weighted by atomic mass is 9.88. The number of aliphatic hydroxyl groups excluding tert-OH is 1. The maximum absolute atomic E-state index is 12.8. The number of rotatable bonds is 12. The lowest BCUT2D eigenvalue weighted by molar-refractivity contribution is 0.0903. The Balaban J connectivity index is 0.00000218. The van der Waals surface area contributed by atoms with Crippen molar-refractivity contribution in [3.8, 4) is 0 Å². The van der Waals surface area contributed by atoms with Gasteiger partial charge in [-0.05, 0) is 61.9 Å². The first kappa shape index (κ1) is 26.0. The number of nitroso groups, excluding NO2 is 1. The van der Waals surface area contributed by atoms with Gasteiger partial charge < -0.3 is 5.11 Å². The minimum absolute atomic E-state index is 0.0111. The molecule has 0 bridgehead atoms. The van der Waals surface area contributed by atoms with Crippen LogP contribution in [0.2, 0.25) is 0 Å². The largest absolute Gasteiger partial charge is 0.388 e. The summed E-state index contributed by atoms with van der Waals surface area (Å²) in [6.07, 6.45) is 12.3. The molecule has 1 aliphatic carbocycles. The van der Waals surface area contributed by atoms with Crippen molar-refractivity contribution < 1.29 is 9.90 Å². The molecule has 2 rings (SSSR count). The van der Waals surface area contributed by atoms with Crippen LogP contribution < -0.4 is 0 Å². The number of Topliss-reactive ketones (excluding diaryl/α,β-unsaturated/α-hetero) is 1. The van der Waals surface area contributed by atoms with Gasteiger partial charge in [-0.1, -0.05) is 76.3 Å². The molecule has 4 nitrogen and oxygen atoms in total. The Kier molecular flexibility index (Phi) is 12.8. The summed E-state index contributed by atoms with van der Waals surface area (Å²) < 4.78 is 0. The number of benzene rings is 1. The predicted molar refractivity (Wildman–Crippen MR) is 126 cm³/mol. The summed E-state index contributed by atoms with van der Waals surface area (Å²) in [7, 11) is 0. The summed E-state index contributed by atoms with van der Waals surface area (Å²) in [5.41, 5.74) is 3.28. The van der Waals surface area contributed by atoms with Crippen LogP contribution in [0.5, 0.6) is 0 Å². The van der Waals surface area contributed by atoms with E-state index in [2.05, 4.69) is 31.2 Å². The van der Waals surface area contributed by atoms with Gasteiger partial charge in [-0.3, -0.25) is 4.79 Å². The second-order valence-corrected chi connectivity index (χ2v) is 7.82. The van der Waals surface area contributed by atoms with Crippen molar-refractivity contribution in [2.24, 2.45) is 11.1 Å². The molecule has 0 radical (unpaired) electrons. The Bertz CT molecular complexity index is 721. The topological polar surface area (TPSA) is 66.7 Å². The third-order valence-electron chi connectivity index (χ3n) is 5.61. The number of hydrogen-bond acceptors (Lipinski definition) is 4. The van der Waals surface area contributed by atoms with Crippen molar-refractivity contribution >= 4 is 11.5 Å². The number of nitrogens with zero attached hydrogens (tertiary/aromatic N) is 1. The van der Waals surface area contributed by atoms with Crippen molar-refractivity contribution in [2.75, 3.05) is 0 Å². The van der Waals surface area contributed by atoms with Crippen LogP contribution in [0.15, 0.2) is 52.7 Å². The van der Waals surface area contributed by atoms with Gasteiger partial charge in [0.25, 0.3) is 0 Å². The van der Waals surface area contributed by atoms with E-state index in [-0.39, 0.29) is 17.8 Å². The normalized spacial score (nSPS) is 15.2. The fourth-order valence-corrected chi connectivity index (χ4v) is 3.96. The van der Waals surface area contributed by atoms with Gasteiger partial charge in [0.2, 0.25) is 0 Å². The zero-order valence-corrected chi connectivity index (χ0v) is 19.2. The molecule has 4 heteroatoms. The summed E-state index contributed by atoms with van der Waals surface area (Å²) in [5, 5.41) is 13.4. The molecule has 1 aromatic carbocycles. The number of carbonyl (C=O) groups is 1. The van der Waals surface area contributed by atoms with Crippen LogP contribution in [0.4, 0.5) is 5.69 Å². The first-order chi connectivity index (χ1) is 14.6. The minimum Gasteiger partial charge on any atom is -0.388 e. The van der Waals surface area contributed by atoms with Crippen molar-refractivity contribution in [2.45, 2.75) is 91.6 Å². The van der Waals surface area contributed by atoms with Crippen LogP contribution in [0, 0.1) is 10.8 Å². The Morgan fingerprint density at radius 2 is 1.87 bits per heavy atom. The zero-order chi connectivity index (χ0) is 22.4. The average molecular weight is 414 g/mol. The summed E-state index contributed by atoms with van der Waals surface area (Å²) >= 11 is 0. The Morgan fingerprint density at radius 1 is 1.13 bits per heavy atom. The van der Waals surface area contributed by atoms with Gasteiger partial charge in [-0.15, -0.1) is 4.91 Å². The summed E-state index contributed by atoms with van der Waals surface area (Å²) in [5.74, 6) is 0.101. The second kappa shape index (κ2) is 14.8. The molecule has 0 saturated heterocycles. The minimum atomic E-state index is -0.372. The van der Waals surface area contributed by atoms with Crippen LogP contribution in [-0.4, -0.2) is 17.0 Å². The predicted octanol–water partition coefficient (Wildman–Crippen LogP) is 7.69. The fraction of sp³-hybridized carbons (Fsp3) is 0.577. The molecule has 1 aliphatic rings. The van der Waals surface area contributed by atoms with E-state index in [0.717, 1.165) is 63.4 Å². The molecule has 30 heavy (non-hydrogen) atoms. The number of unbranched alkanes of at least 4 members (excludes halogenated alkanes) is 2. The number of carbonyl (C=O) groups excluding carboxylic acids is 1. The lowest BCUT2D eigenvalue weighted by Crippen LogP contribution is -2.15. The van der Waals surface area contributed by atoms with Gasteiger partial charge in [0.05, 0.1) is 6.10 Å². The van der Waals surface area contributed by atoms with Crippen LogP contribution >= 0.6 is 0 Å². The Morgan fingerprint density at radius 3 is 2.53 bits per heavy atom. The molecular weight excluding hydrogens is 374 g/mol. The van der Waals surface area contributed by atoms with Gasteiger partial charge in [0.1, 0.15) is 5.69 Å². The molecular formula is C26H39NO3. The second-order valence-electron chi connectivity index (χ2n) is 7.82. The molecule has 1 aromatic rings. The van der Waals surface area contributed by atoms with E-state index >= 15 is 0 Å². The Hall–Kier alpha value is -2.07. The highest BCUT2D eigenvalue weighted by Gasteiger charge is 2.20. The molecule has 166 valence electrons. The highest BCUT2D eigenvalue weighted by Crippen LogP contribution is 2.26. The molecule has 0 aliphatic heterocycles. The van der Waals surface area contributed by atoms with Crippen molar-refractivity contribution in [3.05, 3.63) is 58.0 Å². The fourth-order valence-electron chi connectivity index (χ4n) is 3.96. The third-order valence-corrected chi connectivity index (χ3v) is 5.61. The standard InChI is InChI=1S/C24H33NO3.C2H6/c1-3-10-19(24(27)20-13-9-14-21(17-20)25-28)12-5-4-6-16-23(26)22-15-8-7-11-18(22)2;1-2/h8-9,13-15,17,19,23,26H,3-7,10-12,16H2,1-2H3;1-2H3. The molecule has 1 N–H and O–H groups in total. The van der Waals surface area contributed by atoms with Crippen LogP contribution in [0.3, 0.4) is 0 Å². The third kappa shape index (κ3) is 8.35. The van der Waals surface area contributed by atoms with Gasteiger partial charge >= 0.3 is 0 Å². The first-order valence-corrected chi connectivity index (χ1v) is 11.6. The van der Waals surface area contributed by atoms with Gasteiger partial charge in [-0.2, -0.15) is 0 Å². The number of ketones is 1. The number of aliphatic hydroxyl groups is 1. The summed E-state index contributed by atoms with van der Waals surface area (Å²) in [4.78, 5) is 23.5. The quantitative estimate of drug-likeness (QED) is 0.217. The van der Waals surface area contributed by atoms with E-state index in [4.69, 9.17) is 0 Å². The molecule has 2 atom stereocenters. The molecule has 0 fully saturated rings. The van der Waals surface area contributed by atoms with Crippen molar-refractivity contribution in [1.82, 2.24) is 0 Å². The van der Waals surface area contributed by atoms with Crippen molar-refractivity contribution in [1.29, 1.82) is 0 Å². The van der Waals surface area contributed by atoms with Gasteiger partial charge in [0, 0.05) is 11.5 Å². The molecule has 0 aromatic heterocycles. The first-order valence-electron chi connectivity index (χ1n) is 11.6. The van der Waals surface area contributed by atoms with E-state index in [0.29, 0.717) is 11.3 Å². The van der Waals surface area contributed by atoms with E-state index in [1.165, 1.54) is 5.57 Å². The van der Waals surface area contributed by atoms with E-state index < -0.39 is 0 Å². The molecule has 2 unspecified atom stereocenters. The lowest BCUT2D eigenvalue weighted by Gasteiger charge is -2.19. The number of allylic oxidation sites excluding steroid dienone is 2. The number of hydrogen-bond donors (Lipinski definition) is 1. The summed E-state index contributed by atoms with van der Waals surface area (Å²) in [6.45, 7) is 8.20. The maximum atomic E-state index is 12.8. The SMILES string of the molecule is CC.CCCC(CCCCCC(O)C1=C(C)CCC=C1)C(=O)c1cccc(N=O)c1. The van der Waals surface area contributed by atoms with Gasteiger partial charge in [-0.25, -0.2) is 0 Å². The maximum Gasteiger partial charge on any atom is 0.166 e. The van der Waals surface area contributed by atoms with Crippen LogP contribution in [0.25, 0.3) is 0 Å². The smallest absolute Gasteiger partial charge is 0.166 e. The van der Waals surface area contributed by atoms with E-state index in [1.54, 1.807) is 24.3 Å². The molecule has 0 heterocycles. The highest BCUT2D eigenvalue weighted by atomic mass is 16.3. The molecule has 0 saturated carbocycles. The van der Waals surface area contributed by atoms with Gasteiger partial charge in [0.15, 0.2) is 5.78 Å². The molecule has 0 amide bonds. The van der Waals surface area contributed by atoms with Crippen molar-refractivity contribution in [3.63, 3.8) is 0 Å². The highest BCUT2D eigenvalue weighted by molar-refractivity contribution is 5.98. The molecule has 0 spiro atoms. The average Bonchev–Trinajstić information content (AvgIpc) is 2.79.